The van der Waals surface area contributed by atoms with Crippen LogP contribution in [-0.4, -0.2) is 29.4 Å². The van der Waals surface area contributed by atoms with E-state index in [9.17, 15) is 13.6 Å². The summed E-state index contributed by atoms with van der Waals surface area (Å²) in [7, 11) is 0. The van der Waals surface area contributed by atoms with Crippen LogP contribution in [-0.2, 0) is 4.79 Å². The molecule has 1 unspecified atom stereocenters. The molecule has 0 aliphatic carbocycles. The molecule has 1 atom stereocenters. The largest absolute Gasteiger partial charge is 0.356 e. The van der Waals surface area contributed by atoms with E-state index < -0.39 is 17.5 Å². The zero-order valence-corrected chi connectivity index (χ0v) is 17.0. The first-order chi connectivity index (χ1) is 14.6. The number of nitrogens with one attached hydrogen (secondary N) is 3. The van der Waals surface area contributed by atoms with Gasteiger partial charge in [0.2, 0.25) is 0 Å². The van der Waals surface area contributed by atoms with Gasteiger partial charge in [0, 0.05) is 23.9 Å². The molecule has 0 saturated carbocycles. The fraction of sp³-hybridized carbons (Fsp3) is 0.238. The van der Waals surface area contributed by atoms with Crippen LogP contribution in [0.3, 0.4) is 0 Å². The lowest BCUT2D eigenvalue weighted by Crippen LogP contribution is -2.46. The van der Waals surface area contributed by atoms with Crippen LogP contribution in [0.25, 0.3) is 27.7 Å². The van der Waals surface area contributed by atoms with Crippen LogP contribution in [0.5, 0.6) is 0 Å². The molecule has 2 heterocycles. The monoisotopic (exact) mass is 430 g/mol. The first kappa shape index (κ1) is 20.5. The Kier molecular flexibility index (Phi) is 6.12. The first-order valence-electron chi connectivity index (χ1n) is 9.54. The number of hydrogen-bond donors (Lipinski definition) is 3. The number of carbonyl (C=O) groups is 1. The molecule has 6 nitrogen and oxygen atoms in total. The number of hydrazine groups is 1. The molecule has 9 heteroatoms. The highest BCUT2D eigenvalue weighted by molar-refractivity contribution is 7.97. The van der Waals surface area contributed by atoms with Crippen LogP contribution >= 0.6 is 11.9 Å². The van der Waals surface area contributed by atoms with Crippen molar-refractivity contribution in [3.05, 3.63) is 59.8 Å². The summed E-state index contributed by atoms with van der Waals surface area (Å²) in [5.74, 6) is -0.887. The van der Waals surface area contributed by atoms with Gasteiger partial charge in [-0.1, -0.05) is 48.3 Å². The average Bonchev–Trinajstić information content (AvgIpc) is 3.14. The molecule has 3 N–H and O–H groups in total. The standard InChI is InChI=1S/C21H20F2N4O2S/c1-2-30-27-12-9-10-14(21(28)25-24-11-12)20-19-13(5-3-8-17(19)29-26-20)18-15(22)6-4-7-16(18)23/h3-8,10,12,24,27H,2,9,11H2,1H3,(H,25,28)/b14-10-. The molecule has 1 aliphatic heterocycles. The minimum atomic E-state index is -0.701. The Labute approximate surface area is 176 Å². The Bertz CT molecular complexity index is 1100. The van der Waals surface area contributed by atoms with Gasteiger partial charge >= 0.3 is 0 Å². The van der Waals surface area contributed by atoms with E-state index in [1.54, 1.807) is 36.2 Å². The van der Waals surface area contributed by atoms with Crippen molar-refractivity contribution in [3.8, 4) is 11.1 Å². The Hall–Kier alpha value is -2.75. The van der Waals surface area contributed by atoms with E-state index in [0.717, 1.165) is 5.75 Å². The van der Waals surface area contributed by atoms with E-state index in [1.807, 2.05) is 6.92 Å². The number of rotatable bonds is 5. The van der Waals surface area contributed by atoms with Gasteiger partial charge < -0.3 is 4.52 Å². The molecule has 0 saturated heterocycles. The zero-order valence-electron chi connectivity index (χ0n) is 16.2. The molecule has 0 spiro atoms. The van der Waals surface area contributed by atoms with Crippen molar-refractivity contribution in [2.24, 2.45) is 0 Å². The van der Waals surface area contributed by atoms with Crippen LogP contribution in [0.1, 0.15) is 19.0 Å². The Morgan fingerprint density at radius 2 is 2.00 bits per heavy atom. The lowest BCUT2D eigenvalue weighted by atomic mass is 9.96. The van der Waals surface area contributed by atoms with Gasteiger partial charge in [0.05, 0.1) is 16.5 Å². The van der Waals surface area contributed by atoms with Gasteiger partial charge in [-0.05, 0) is 24.6 Å². The summed E-state index contributed by atoms with van der Waals surface area (Å²) in [6, 6.07) is 8.64. The van der Waals surface area contributed by atoms with E-state index in [1.165, 1.54) is 18.2 Å². The number of aromatic nitrogens is 1. The summed E-state index contributed by atoms with van der Waals surface area (Å²) in [6.07, 6.45) is 2.34. The topological polar surface area (TPSA) is 79.2 Å². The maximum absolute atomic E-state index is 14.5. The number of fused-ring (bicyclic) bond motifs is 1. The van der Waals surface area contributed by atoms with Crippen LogP contribution in [0.4, 0.5) is 8.78 Å². The Morgan fingerprint density at radius 3 is 2.77 bits per heavy atom. The SMILES string of the molecule is CCSNC1C/C=C(/c2noc3cccc(-c4c(F)cccc4F)c23)C(=O)NNC1. The van der Waals surface area contributed by atoms with E-state index in [-0.39, 0.29) is 28.4 Å². The number of carbonyl (C=O) groups excluding carboxylic acids is 1. The summed E-state index contributed by atoms with van der Waals surface area (Å²) < 4.78 is 37.7. The van der Waals surface area contributed by atoms with Gasteiger partial charge in [-0.15, -0.1) is 0 Å². The summed E-state index contributed by atoms with van der Waals surface area (Å²) in [5, 5.41) is 4.46. The second kappa shape index (κ2) is 8.95. The molecule has 0 radical (unpaired) electrons. The quantitative estimate of drug-likeness (QED) is 0.535. The lowest BCUT2D eigenvalue weighted by molar-refractivity contribution is -0.116. The predicted octanol–water partition coefficient (Wildman–Crippen LogP) is 3.81. The number of halogens is 2. The van der Waals surface area contributed by atoms with Gasteiger partial charge in [0.1, 0.15) is 17.3 Å². The minimum Gasteiger partial charge on any atom is -0.356 e. The van der Waals surface area contributed by atoms with Crippen molar-refractivity contribution >= 4 is 34.4 Å². The first-order valence-corrected chi connectivity index (χ1v) is 10.5. The van der Waals surface area contributed by atoms with Crippen molar-refractivity contribution < 1.29 is 18.1 Å². The fourth-order valence-electron chi connectivity index (χ4n) is 3.39. The molecular formula is C21H20F2N4O2S. The molecule has 2 aromatic carbocycles. The van der Waals surface area contributed by atoms with Gasteiger partial charge in [-0.3, -0.25) is 14.9 Å². The average molecular weight is 430 g/mol. The summed E-state index contributed by atoms with van der Waals surface area (Å²) in [5.41, 5.74) is 6.50. The van der Waals surface area contributed by atoms with Crippen molar-refractivity contribution in [2.75, 3.05) is 12.3 Å². The summed E-state index contributed by atoms with van der Waals surface area (Å²) >= 11 is 1.59. The van der Waals surface area contributed by atoms with Gasteiger partial charge in [0.25, 0.3) is 5.91 Å². The molecule has 1 aromatic heterocycles. The third kappa shape index (κ3) is 3.96. The molecule has 3 aromatic rings. The maximum Gasteiger partial charge on any atom is 0.267 e. The molecule has 1 aliphatic rings. The Balaban J connectivity index is 1.84. The van der Waals surface area contributed by atoms with Gasteiger partial charge in [-0.25, -0.2) is 14.2 Å². The van der Waals surface area contributed by atoms with E-state index >= 15 is 0 Å². The van der Waals surface area contributed by atoms with Crippen molar-refractivity contribution in [1.82, 2.24) is 20.7 Å². The third-order valence-electron chi connectivity index (χ3n) is 4.78. The molecular weight excluding hydrogens is 410 g/mol. The second-order valence-corrected chi connectivity index (χ2v) is 7.84. The minimum absolute atomic E-state index is 0.0761. The van der Waals surface area contributed by atoms with E-state index in [4.69, 9.17) is 4.52 Å². The molecule has 1 amide bonds. The second-order valence-electron chi connectivity index (χ2n) is 6.74. The van der Waals surface area contributed by atoms with Crippen LogP contribution < -0.4 is 15.6 Å². The van der Waals surface area contributed by atoms with Crippen molar-refractivity contribution in [3.63, 3.8) is 0 Å². The number of nitrogens with zero attached hydrogens (tertiary/aromatic N) is 1. The van der Waals surface area contributed by atoms with Gasteiger partial charge in [-0.2, -0.15) is 0 Å². The highest BCUT2D eigenvalue weighted by Gasteiger charge is 2.25. The smallest absolute Gasteiger partial charge is 0.267 e. The highest BCUT2D eigenvalue weighted by atomic mass is 32.2. The lowest BCUT2D eigenvalue weighted by Gasteiger charge is -2.20. The number of benzene rings is 2. The van der Waals surface area contributed by atoms with E-state index in [2.05, 4.69) is 20.7 Å². The van der Waals surface area contributed by atoms with Crippen molar-refractivity contribution in [1.29, 1.82) is 0 Å². The van der Waals surface area contributed by atoms with Gasteiger partial charge in [0.15, 0.2) is 5.58 Å². The fourth-order valence-corrected chi connectivity index (χ4v) is 3.97. The Morgan fingerprint density at radius 1 is 1.23 bits per heavy atom. The molecule has 30 heavy (non-hydrogen) atoms. The zero-order chi connectivity index (χ0) is 21.1. The van der Waals surface area contributed by atoms with Crippen LogP contribution in [0.15, 0.2) is 47.0 Å². The van der Waals surface area contributed by atoms with Crippen molar-refractivity contribution in [2.45, 2.75) is 19.4 Å². The van der Waals surface area contributed by atoms with E-state index in [0.29, 0.717) is 23.9 Å². The molecule has 156 valence electrons. The predicted molar refractivity (Wildman–Crippen MR) is 113 cm³/mol. The molecule has 0 bridgehead atoms. The normalized spacial score (nSPS) is 19.1. The summed E-state index contributed by atoms with van der Waals surface area (Å²) in [6.45, 7) is 2.59. The number of amides is 1. The van der Waals surface area contributed by atoms with Crippen LogP contribution in [0, 0.1) is 11.6 Å². The number of hydrogen-bond acceptors (Lipinski definition) is 6. The molecule has 0 fully saturated rings. The molecule has 4 rings (SSSR count). The summed E-state index contributed by atoms with van der Waals surface area (Å²) in [4.78, 5) is 12.7. The maximum atomic E-state index is 14.5. The third-order valence-corrected chi connectivity index (χ3v) is 5.57. The van der Waals surface area contributed by atoms with Crippen LogP contribution in [0.2, 0.25) is 0 Å². The highest BCUT2D eigenvalue weighted by Crippen LogP contribution is 2.37.